The van der Waals surface area contributed by atoms with Crippen molar-refractivity contribution >= 4 is 5.97 Å². The van der Waals surface area contributed by atoms with Gasteiger partial charge in [-0.1, -0.05) is 60.1 Å². The highest BCUT2D eigenvalue weighted by molar-refractivity contribution is 5.73. The van der Waals surface area contributed by atoms with Crippen LogP contribution in [0.1, 0.15) is 107 Å². The zero-order valence-corrected chi connectivity index (χ0v) is 44.7. The second-order valence-electron chi connectivity index (χ2n) is 26.0. The molecule has 0 spiro atoms. The number of fused-ring (bicyclic) bond motifs is 7. The maximum atomic E-state index is 12.6. The summed E-state index contributed by atoms with van der Waals surface area (Å²) in [5, 5.41) is 153. The number of carbonyl (C=O) groups is 1. The normalized spacial score (nSPS) is 56.3. The summed E-state index contributed by atoms with van der Waals surface area (Å²) in [5.74, 6) is -1.74. The number of carboxylic acids is 1. The van der Waals surface area contributed by atoms with Crippen molar-refractivity contribution in [3.8, 4) is 0 Å². The molecule has 4 saturated heterocycles. The lowest BCUT2D eigenvalue weighted by atomic mass is 9.33. The standard InChI is InChI=1S/C53H86O23/c1-21-29(57)32(60)37(65)45(70-21)74-39-33(61)31(59)25(18-54)71-46(39)75-40-35(63)34(62)38(43(67)68)73-47(40)72-28-12-13-50(5)26(51(28,6)20-55)11-14-53(8)27(50)10-9-22-23-17-48(2,3)41(66)42(49(23,4)15-16-52(22,53)7)76-44-36(64)30(58)24(56)19-69-44/h9,21,23-42,44-47,54-66H,10-20H2,1-8H3,(H,67,68)/t21-,23-,24-,25+,26+,27+,28-,29-,30-,31-,32+,33-,34-,35-,36+,37+,38-,39+,40+,41-,42+,44-,45-,46-,47+,49+,50-,51+,52+,53+/m0/s1. The lowest BCUT2D eigenvalue weighted by molar-refractivity contribution is -0.396. The van der Waals surface area contributed by atoms with E-state index in [9.17, 15) is 76.3 Å². The van der Waals surface area contributed by atoms with E-state index in [4.69, 9.17) is 37.9 Å². The molecule has 23 heteroatoms. The number of rotatable bonds is 11. The molecule has 14 N–H and O–H groups in total. The lowest BCUT2D eigenvalue weighted by Gasteiger charge is -2.72. The van der Waals surface area contributed by atoms with Crippen LogP contribution in [-0.2, 0) is 42.7 Å². The fourth-order valence-corrected chi connectivity index (χ4v) is 16.4. The van der Waals surface area contributed by atoms with E-state index in [1.165, 1.54) is 12.5 Å². The van der Waals surface area contributed by atoms with Gasteiger partial charge in [0.2, 0.25) is 0 Å². The molecule has 0 amide bonds. The molecule has 9 rings (SSSR count). The Balaban J connectivity index is 0.984. The highest BCUT2D eigenvalue weighted by Crippen LogP contribution is 2.76. The number of allylic oxidation sites excluding steroid dienone is 2. The fraction of sp³-hybridized carbons (Fsp3) is 0.943. The van der Waals surface area contributed by atoms with Crippen molar-refractivity contribution < 1.29 is 114 Å². The van der Waals surface area contributed by atoms with Gasteiger partial charge in [0.05, 0.1) is 44.2 Å². The molecule has 4 aliphatic heterocycles. The van der Waals surface area contributed by atoms with Crippen LogP contribution in [-0.4, -0.2) is 232 Å². The predicted octanol–water partition coefficient (Wildman–Crippen LogP) is -1.86. The number of hydrogen-bond acceptors (Lipinski definition) is 22. The molecule has 8 fully saturated rings. The molecule has 0 aromatic heterocycles. The third-order valence-electron chi connectivity index (χ3n) is 21.4. The summed E-state index contributed by atoms with van der Waals surface area (Å²) in [4.78, 5) is 12.6. The summed E-state index contributed by atoms with van der Waals surface area (Å²) >= 11 is 0. The Morgan fingerprint density at radius 1 is 0.632 bits per heavy atom. The second-order valence-corrected chi connectivity index (χ2v) is 26.0. The van der Waals surface area contributed by atoms with Crippen LogP contribution in [0.2, 0.25) is 0 Å². The summed E-state index contributed by atoms with van der Waals surface area (Å²) in [6.45, 7) is 15.0. The minimum Gasteiger partial charge on any atom is -0.479 e. The topological polar surface area (TPSA) is 374 Å². The Labute approximate surface area is 442 Å². The van der Waals surface area contributed by atoms with Gasteiger partial charge in [0.15, 0.2) is 31.3 Å². The minimum atomic E-state index is -2.11. The van der Waals surface area contributed by atoms with Gasteiger partial charge in [-0.05, 0) is 97.7 Å². The average Bonchev–Trinajstić information content (AvgIpc) is 3.39. The van der Waals surface area contributed by atoms with Crippen LogP contribution < -0.4 is 0 Å². The molecular formula is C53H86O23. The maximum absolute atomic E-state index is 12.6. The zero-order valence-electron chi connectivity index (χ0n) is 44.7. The zero-order chi connectivity index (χ0) is 55.7. The lowest BCUT2D eigenvalue weighted by Crippen LogP contribution is -2.69. The van der Waals surface area contributed by atoms with Crippen LogP contribution in [0.4, 0.5) is 0 Å². The number of hydrogen-bond donors (Lipinski definition) is 14. The second kappa shape index (κ2) is 21.0. The first-order valence-electron chi connectivity index (χ1n) is 27.3. The highest BCUT2D eigenvalue weighted by Gasteiger charge is 2.71. The van der Waals surface area contributed by atoms with Gasteiger partial charge in [-0.15, -0.1) is 0 Å². The smallest absolute Gasteiger partial charge is 0.335 e. The molecule has 9 aliphatic rings. The largest absolute Gasteiger partial charge is 0.479 e. The first-order chi connectivity index (χ1) is 35.4. The van der Waals surface area contributed by atoms with Gasteiger partial charge in [0.25, 0.3) is 0 Å². The third-order valence-corrected chi connectivity index (χ3v) is 21.4. The van der Waals surface area contributed by atoms with Crippen LogP contribution in [0.3, 0.4) is 0 Å². The van der Waals surface area contributed by atoms with Gasteiger partial charge in [-0.3, -0.25) is 0 Å². The third kappa shape index (κ3) is 9.18. The molecule has 436 valence electrons. The van der Waals surface area contributed by atoms with E-state index in [1.807, 2.05) is 20.8 Å². The van der Waals surface area contributed by atoms with Gasteiger partial charge >= 0.3 is 5.97 Å². The number of aliphatic hydroxyl groups excluding tert-OH is 13. The van der Waals surface area contributed by atoms with Crippen LogP contribution >= 0.6 is 0 Å². The Morgan fingerprint density at radius 3 is 1.91 bits per heavy atom. The Hall–Kier alpha value is -1.63. The Bertz CT molecular complexity index is 2120. The molecule has 23 nitrogen and oxygen atoms in total. The summed E-state index contributed by atoms with van der Waals surface area (Å²) in [6.07, 6.45) is -27.4. The molecular weight excluding hydrogens is 1000 g/mol. The van der Waals surface area contributed by atoms with Crippen LogP contribution in [0, 0.1) is 50.2 Å². The summed E-state index contributed by atoms with van der Waals surface area (Å²) < 4.78 is 48.6. The van der Waals surface area contributed by atoms with Crippen molar-refractivity contribution in [2.24, 2.45) is 50.2 Å². The molecule has 4 heterocycles. The van der Waals surface area contributed by atoms with Gasteiger partial charge in [0, 0.05) is 10.8 Å². The first kappa shape index (κ1) is 59.0. The van der Waals surface area contributed by atoms with Gasteiger partial charge in [-0.25, -0.2) is 4.79 Å². The molecule has 0 aromatic carbocycles. The van der Waals surface area contributed by atoms with E-state index in [2.05, 4.69) is 33.8 Å². The quantitative estimate of drug-likeness (QED) is 0.0797. The van der Waals surface area contributed by atoms with Crippen molar-refractivity contribution in [3.63, 3.8) is 0 Å². The van der Waals surface area contributed by atoms with Crippen LogP contribution in [0.5, 0.6) is 0 Å². The van der Waals surface area contributed by atoms with Crippen molar-refractivity contribution in [2.75, 3.05) is 19.8 Å². The van der Waals surface area contributed by atoms with Crippen molar-refractivity contribution in [1.82, 2.24) is 0 Å². The SMILES string of the molecule is C[C@@H]1O[C@@H](O[C@H]2[C@H](O[C@H]3[C@H](O[C@H]4CC[C@@]5(C)[C@@H](CC[C@]6(C)[C@@H]5CC=C5[C@@H]7CC(C)(C)[C@@H](O)[C@@H](O[C@@H]8OC[C@H](O)[C@H](O)[C@H]8O)[C@]7(C)CC[C@]56C)[C@@]4(C)CO)O[C@H](C(=O)O)[C@@H](O)[C@@H]3O)O[C@H](CO)[C@H](O)[C@@H]2O)[C@H](O)[C@H](O)[C@H]1O. The summed E-state index contributed by atoms with van der Waals surface area (Å²) in [5.41, 5.74) is -1.89. The predicted molar refractivity (Wildman–Crippen MR) is 259 cm³/mol. The first-order valence-corrected chi connectivity index (χ1v) is 27.3. The van der Waals surface area contributed by atoms with Gasteiger partial charge < -0.3 is 109 Å². The van der Waals surface area contributed by atoms with E-state index in [0.29, 0.717) is 38.5 Å². The van der Waals surface area contributed by atoms with E-state index in [0.717, 1.165) is 12.8 Å². The number of carboxylic acid groups (broad SMARTS) is 1. The molecule has 0 aromatic rings. The Morgan fingerprint density at radius 2 is 1.26 bits per heavy atom. The maximum Gasteiger partial charge on any atom is 0.335 e. The number of aliphatic hydroxyl groups is 13. The number of aliphatic carboxylic acids is 1. The summed E-state index contributed by atoms with van der Waals surface area (Å²) in [6, 6.07) is 0. The minimum absolute atomic E-state index is 0.0308. The molecule has 5 aliphatic carbocycles. The van der Waals surface area contributed by atoms with E-state index in [1.54, 1.807) is 0 Å². The Kier molecular flexibility index (Phi) is 16.3. The van der Waals surface area contributed by atoms with Crippen molar-refractivity contribution in [1.29, 1.82) is 0 Å². The van der Waals surface area contributed by atoms with E-state index in [-0.39, 0.29) is 41.8 Å². The van der Waals surface area contributed by atoms with Crippen molar-refractivity contribution in [3.05, 3.63) is 11.6 Å². The fourth-order valence-electron chi connectivity index (χ4n) is 16.4. The van der Waals surface area contributed by atoms with Crippen molar-refractivity contribution in [2.45, 2.75) is 242 Å². The summed E-state index contributed by atoms with van der Waals surface area (Å²) in [7, 11) is 0. The monoisotopic (exact) mass is 1090 g/mol. The van der Waals surface area contributed by atoms with Crippen LogP contribution in [0.15, 0.2) is 11.6 Å². The number of ether oxygens (including phenoxy) is 8. The van der Waals surface area contributed by atoms with Gasteiger partial charge in [-0.2, -0.15) is 0 Å². The van der Waals surface area contributed by atoms with E-state index < -0.39 is 169 Å². The molecule has 0 unspecified atom stereocenters. The molecule has 76 heavy (non-hydrogen) atoms. The molecule has 30 atom stereocenters. The highest BCUT2D eigenvalue weighted by atomic mass is 16.8. The molecule has 0 radical (unpaired) electrons. The van der Waals surface area contributed by atoms with E-state index >= 15 is 0 Å². The molecule has 0 bridgehead atoms. The van der Waals surface area contributed by atoms with Gasteiger partial charge in [0.1, 0.15) is 79.4 Å². The average molecular weight is 1090 g/mol. The molecule has 4 saturated carbocycles. The van der Waals surface area contributed by atoms with Crippen LogP contribution in [0.25, 0.3) is 0 Å².